The Labute approximate surface area is 142 Å². The Morgan fingerprint density at radius 1 is 1.57 bits per heavy atom. The molecule has 1 amide bonds. The third-order valence-corrected chi connectivity index (χ3v) is 4.42. The number of nitrogens with zero attached hydrogens (tertiary/aromatic N) is 3. The van der Waals surface area contributed by atoms with Gasteiger partial charge in [-0.3, -0.25) is 4.79 Å². The highest BCUT2D eigenvalue weighted by Crippen LogP contribution is 2.24. The van der Waals surface area contributed by atoms with Crippen molar-refractivity contribution < 1.29 is 9.18 Å². The molecule has 0 radical (unpaired) electrons. The van der Waals surface area contributed by atoms with E-state index >= 15 is 0 Å². The van der Waals surface area contributed by atoms with Gasteiger partial charge >= 0.3 is 0 Å². The highest BCUT2D eigenvalue weighted by atomic mass is 35.5. The van der Waals surface area contributed by atoms with Gasteiger partial charge in [0.05, 0.1) is 10.3 Å². The van der Waals surface area contributed by atoms with E-state index in [4.69, 9.17) is 11.6 Å². The summed E-state index contributed by atoms with van der Waals surface area (Å²) in [6.07, 6.45) is 1.74. The van der Waals surface area contributed by atoms with Gasteiger partial charge in [0.2, 0.25) is 5.91 Å². The molecule has 0 aliphatic carbocycles. The van der Waals surface area contributed by atoms with E-state index in [0.717, 1.165) is 5.82 Å². The number of hydrogen-bond acceptors (Lipinski definition) is 4. The molecule has 1 heterocycles. The number of aryl methyl sites for hydroxylation is 1. The number of hydrogen-bond donors (Lipinski definition) is 1. The molecule has 0 spiro atoms. The summed E-state index contributed by atoms with van der Waals surface area (Å²) in [6, 6.07) is 4.04. The van der Waals surface area contributed by atoms with E-state index in [2.05, 4.69) is 22.1 Å². The van der Waals surface area contributed by atoms with Crippen molar-refractivity contribution in [3.63, 3.8) is 0 Å². The first-order chi connectivity index (χ1) is 10.9. The summed E-state index contributed by atoms with van der Waals surface area (Å²) in [4.78, 5) is 12.2. The number of allylic oxidation sites excluding steroid dienone is 1. The summed E-state index contributed by atoms with van der Waals surface area (Å²) < 4.78 is 15.0. The van der Waals surface area contributed by atoms with E-state index in [0.29, 0.717) is 17.4 Å². The standard InChI is InChI=1S/C15H16ClFN4OS/c1-4-7-21-10(3)19-20-15(21)23-9(2)14(22)18-11-5-6-13(17)12(16)8-11/h4-6,8-9H,1,7H2,2-3H3,(H,18,22). The molecule has 2 aromatic rings. The average molecular weight is 355 g/mol. The molecule has 0 aliphatic rings. The second kappa shape index (κ2) is 7.61. The molecule has 8 heteroatoms. The third-order valence-electron chi connectivity index (χ3n) is 3.05. The fourth-order valence-electron chi connectivity index (χ4n) is 1.82. The third kappa shape index (κ3) is 4.33. The van der Waals surface area contributed by atoms with Crippen LogP contribution in [0.15, 0.2) is 36.0 Å². The van der Waals surface area contributed by atoms with Gasteiger partial charge in [-0.2, -0.15) is 0 Å². The molecule has 1 atom stereocenters. The van der Waals surface area contributed by atoms with E-state index in [1.54, 1.807) is 13.0 Å². The van der Waals surface area contributed by atoms with Crippen LogP contribution in [0.3, 0.4) is 0 Å². The minimum Gasteiger partial charge on any atom is -0.325 e. The molecule has 5 nitrogen and oxygen atoms in total. The summed E-state index contributed by atoms with van der Waals surface area (Å²) in [7, 11) is 0. The van der Waals surface area contributed by atoms with Crippen molar-refractivity contribution in [3.8, 4) is 0 Å². The average Bonchev–Trinajstić information content (AvgIpc) is 2.84. The number of benzene rings is 1. The Balaban J connectivity index is 2.05. The SMILES string of the molecule is C=CCn1c(C)nnc1SC(C)C(=O)Nc1ccc(F)c(Cl)c1. The molecule has 1 unspecified atom stereocenters. The lowest BCUT2D eigenvalue weighted by Crippen LogP contribution is -2.23. The van der Waals surface area contributed by atoms with Gasteiger partial charge in [0, 0.05) is 12.2 Å². The van der Waals surface area contributed by atoms with E-state index in [9.17, 15) is 9.18 Å². The van der Waals surface area contributed by atoms with Crippen molar-refractivity contribution in [1.82, 2.24) is 14.8 Å². The molecule has 0 saturated heterocycles. The van der Waals surface area contributed by atoms with Crippen molar-refractivity contribution in [2.75, 3.05) is 5.32 Å². The monoisotopic (exact) mass is 354 g/mol. The van der Waals surface area contributed by atoms with Crippen LogP contribution in [0.1, 0.15) is 12.7 Å². The van der Waals surface area contributed by atoms with Crippen LogP contribution in [-0.4, -0.2) is 25.9 Å². The van der Waals surface area contributed by atoms with Gasteiger partial charge in [-0.05, 0) is 32.0 Å². The van der Waals surface area contributed by atoms with Crippen molar-refractivity contribution in [2.45, 2.75) is 30.8 Å². The molecule has 122 valence electrons. The van der Waals surface area contributed by atoms with Gasteiger partial charge < -0.3 is 9.88 Å². The summed E-state index contributed by atoms with van der Waals surface area (Å²) >= 11 is 6.99. The lowest BCUT2D eigenvalue weighted by atomic mass is 10.3. The van der Waals surface area contributed by atoms with E-state index in [1.807, 2.05) is 11.5 Å². The largest absolute Gasteiger partial charge is 0.325 e. The van der Waals surface area contributed by atoms with E-state index < -0.39 is 11.1 Å². The van der Waals surface area contributed by atoms with Gasteiger partial charge in [-0.1, -0.05) is 29.4 Å². The number of amides is 1. The zero-order valence-electron chi connectivity index (χ0n) is 12.7. The summed E-state index contributed by atoms with van der Waals surface area (Å²) in [5.74, 6) is -0.00565. The summed E-state index contributed by atoms with van der Waals surface area (Å²) in [5.41, 5.74) is 0.442. The topological polar surface area (TPSA) is 59.8 Å². The van der Waals surface area contributed by atoms with Crippen molar-refractivity contribution in [1.29, 1.82) is 0 Å². The molecule has 23 heavy (non-hydrogen) atoms. The van der Waals surface area contributed by atoms with Crippen molar-refractivity contribution in [2.24, 2.45) is 0 Å². The van der Waals surface area contributed by atoms with Crippen LogP contribution in [0.25, 0.3) is 0 Å². The van der Waals surface area contributed by atoms with Crippen LogP contribution < -0.4 is 5.32 Å². The molecule has 0 fully saturated rings. The predicted octanol–water partition coefficient (Wildman–Crippen LogP) is 3.68. The number of aromatic nitrogens is 3. The maximum atomic E-state index is 13.1. The first-order valence-electron chi connectivity index (χ1n) is 6.85. The maximum Gasteiger partial charge on any atom is 0.237 e. The Kier molecular flexibility index (Phi) is 5.79. The van der Waals surface area contributed by atoms with Crippen molar-refractivity contribution >= 4 is 35.0 Å². The number of carbonyl (C=O) groups is 1. The number of carbonyl (C=O) groups excluding carboxylic acids is 1. The van der Waals surface area contributed by atoms with E-state index in [1.165, 1.54) is 30.0 Å². The minimum absolute atomic E-state index is 0.0375. The summed E-state index contributed by atoms with van der Waals surface area (Å²) in [6.45, 7) is 7.86. The molecule has 1 aromatic carbocycles. The number of rotatable bonds is 6. The Hall–Kier alpha value is -1.86. The van der Waals surface area contributed by atoms with Crippen molar-refractivity contribution in [3.05, 3.63) is 47.5 Å². The van der Waals surface area contributed by atoms with E-state index in [-0.39, 0.29) is 10.9 Å². The second-order valence-corrected chi connectivity index (χ2v) is 6.52. The quantitative estimate of drug-likeness (QED) is 0.635. The Bertz CT molecular complexity index is 734. The molecular formula is C15H16ClFN4OS. The second-order valence-electron chi connectivity index (χ2n) is 4.81. The number of anilines is 1. The fourth-order valence-corrected chi connectivity index (χ4v) is 2.90. The normalized spacial score (nSPS) is 12.0. The van der Waals surface area contributed by atoms with Gasteiger partial charge in [-0.25, -0.2) is 4.39 Å². The van der Waals surface area contributed by atoms with Gasteiger partial charge in [-0.15, -0.1) is 16.8 Å². The lowest BCUT2D eigenvalue weighted by molar-refractivity contribution is -0.115. The fraction of sp³-hybridized carbons (Fsp3) is 0.267. The highest BCUT2D eigenvalue weighted by molar-refractivity contribution is 8.00. The molecular weight excluding hydrogens is 339 g/mol. The molecule has 0 aliphatic heterocycles. The zero-order chi connectivity index (χ0) is 17.0. The predicted molar refractivity (Wildman–Crippen MR) is 90.3 cm³/mol. The van der Waals surface area contributed by atoms with Crippen LogP contribution in [0.2, 0.25) is 5.02 Å². The molecule has 1 N–H and O–H groups in total. The molecule has 1 aromatic heterocycles. The number of halogens is 2. The number of nitrogens with one attached hydrogen (secondary N) is 1. The molecule has 0 bridgehead atoms. The Morgan fingerprint density at radius 3 is 2.96 bits per heavy atom. The minimum atomic E-state index is -0.528. The van der Waals surface area contributed by atoms with Gasteiger partial charge in [0.1, 0.15) is 11.6 Å². The lowest BCUT2D eigenvalue weighted by Gasteiger charge is -2.12. The maximum absolute atomic E-state index is 13.1. The van der Waals surface area contributed by atoms with Crippen LogP contribution in [-0.2, 0) is 11.3 Å². The van der Waals surface area contributed by atoms with Crippen LogP contribution >= 0.6 is 23.4 Å². The van der Waals surface area contributed by atoms with Gasteiger partial charge in [0.25, 0.3) is 0 Å². The van der Waals surface area contributed by atoms with Crippen LogP contribution in [0.5, 0.6) is 0 Å². The van der Waals surface area contributed by atoms with Crippen LogP contribution in [0.4, 0.5) is 10.1 Å². The first-order valence-corrected chi connectivity index (χ1v) is 8.11. The zero-order valence-corrected chi connectivity index (χ0v) is 14.3. The van der Waals surface area contributed by atoms with Gasteiger partial charge in [0.15, 0.2) is 5.16 Å². The molecule has 2 rings (SSSR count). The first kappa shape index (κ1) is 17.5. The molecule has 0 saturated carbocycles. The Morgan fingerprint density at radius 2 is 2.30 bits per heavy atom. The highest BCUT2D eigenvalue weighted by Gasteiger charge is 2.19. The smallest absolute Gasteiger partial charge is 0.237 e. The van der Waals surface area contributed by atoms with Crippen LogP contribution in [0, 0.1) is 12.7 Å². The summed E-state index contributed by atoms with van der Waals surface area (Å²) in [5, 5.41) is 11.0. The number of thioether (sulfide) groups is 1.